The second kappa shape index (κ2) is 6.57. The van der Waals surface area contributed by atoms with Gasteiger partial charge in [-0.3, -0.25) is 4.79 Å². The average molecular weight is 262 g/mol. The van der Waals surface area contributed by atoms with Crippen molar-refractivity contribution in [3.8, 4) is 5.75 Å². The van der Waals surface area contributed by atoms with E-state index in [0.29, 0.717) is 6.54 Å². The van der Waals surface area contributed by atoms with Crippen molar-refractivity contribution in [2.24, 2.45) is 0 Å². The number of rotatable bonds is 3. The molecule has 2 rings (SSSR count). The van der Waals surface area contributed by atoms with Crippen LogP contribution in [-0.4, -0.2) is 31.6 Å². The number of carbonyl (C=O) groups is 1. The van der Waals surface area contributed by atoms with Gasteiger partial charge in [0.25, 0.3) is 0 Å². The molecule has 1 fully saturated rings. The molecule has 0 aliphatic carbocycles. The minimum Gasteiger partial charge on any atom is -0.489 e. The summed E-state index contributed by atoms with van der Waals surface area (Å²) in [5, 5.41) is 3.16. The zero-order valence-electron chi connectivity index (χ0n) is 11.7. The van der Waals surface area contributed by atoms with E-state index < -0.39 is 0 Å². The predicted octanol–water partition coefficient (Wildman–Crippen LogP) is 2.19. The molecule has 1 aromatic rings. The first-order valence-electron chi connectivity index (χ1n) is 6.95. The predicted molar refractivity (Wildman–Crippen MR) is 76.7 cm³/mol. The van der Waals surface area contributed by atoms with Crippen LogP contribution < -0.4 is 15.0 Å². The van der Waals surface area contributed by atoms with Gasteiger partial charge in [0.2, 0.25) is 5.91 Å². The summed E-state index contributed by atoms with van der Waals surface area (Å²) in [6.07, 6.45) is 2.20. The summed E-state index contributed by atoms with van der Waals surface area (Å²) < 4.78 is 5.80. The Kier molecular flexibility index (Phi) is 4.80. The molecule has 19 heavy (non-hydrogen) atoms. The third-order valence-corrected chi connectivity index (χ3v) is 3.08. The number of ether oxygens (including phenoxy) is 1. The van der Waals surface area contributed by atoms with Gasteiger partial charge in [-0.25, -0.2) is 0 Å². The molecule has 1 aliphatic rings. The normalized spacial score (nSPS) is 17.2. The first-order chi connectivity index (χ1) is 9.18. The molecule has 0 radical (unpaired) electrons. The fraction of sp³-hybridized carbons (Fsp3) is 0.533. The van der Waals surface area contributed by atoms with Crippen LogP contribution in [0.3, 0.4) is 0 Å². The summed E-state index contributed by atoms with van der Waals surface area (Å²) in [5.74, 6) is 0.894. The number of amides is 1. The van der Waals surface area contributed by atoms with E-state index in [-0.39, 0.29) is 12.0 Å². The summed E-state index contributed by atoms with van der Waals surface area (Å²) in [6, 6.07) is 7.77. The number of carbonyl (C=O) groups excluding carboxylic acids is 1. The number of hydrogen-bond donors (Lipinski definition) is 1. The van der Waals surface area contributed by atoms with Crippen molar-refractivity contribution in [3.05, 3.63) is 24.3 Å². The van der Waals surface area contributed by atoms with E-state index in [1.54, 1.807) is 0 Å². The van der Waals surface area contributed by atoms with Crippen molar-refractivity contribution in [1.82, 2.24) is 5.32 Å². The number of para-hydroxylation sites is 2. The molecular formula is C15H22N2O2. The van der Waals surface area contributed by atoms with Crippen LogP contribution in [0.15, 0.2) is 24.3 Å². The van der Waals surface area contributed by atoms with Crippen LogP contribution in [-0.2, 0) is 4.79 Å². The Morgan fingerprint density at radius 3 is 2.84 bits per heavy atom. The van der Waals surface area contributed by atoms with Gasteiger partial charge in [0.05, 0.1) is 18.3 Å². The first kappa shape index (κ1) is 13.9. The lowest BCUT2D eigenvalue weighted by Gasteiger charge is -2.27. The lowest BCUT2D eigenvalue weighted by atomic mass is 10.2. The third-order valence-electron chi connectivity index (χ3n) is 3.08. The summed E-state index contributed by atoms with van der Waals surface area (Å²) in [7, 11) is 0. The van der Waals surface area contributed by atoms with Crippen molar-refractivity contribution in [1.29, 1.82) is 0 Å². The molecular weight excluding hydrogens is 240 g/mol. The summed E-state index contributed by atoms with van der Waals surface area (Å²) in [6.45, 7) is 6.07. The summed E-state index contributed by atoms with van der Waals surface area (Å²) in [4.78, 5) is 14.1. The fourth-order valence-electron chi connectivity index (χ4n) is 2.22. The molecule has 1 aromatic carbocycles. The SMILES string of the molecule is CC(C)Oc1ccccc1N1CCCCNCC1=O. The Balaban J connectivity index is 2.24. The first-order valence-corrected chi connectivity index (χ1v) is 6.95. The van der Waals surface area contributed by atoms with E-state index in [4.69, 9.17) is 4.74 Å². The van der Waals surface area contributed by atoms with Crippen LogP contribution in [0, 0.1) is 0 Å². The Hall–Kier alpha value is -1.55. The number of hydrogen-bond acceptors (Lipinski definition) is 3. The summed E-state index contributed by atoms with van der Waals surface area (Å²) >= 11 is 0. The van der Waals surface area contributed by atoms with Gasteiger partial charge in [-0.1, -0.05) is 12.1 Å². The fourth-order valence-corrected chi connectivity index (χ4v) is 2.22. The van der Waals surface area contributed by atoms with Gasteiger partial charge >= 0.3 is 0 Å². The molecule has 0 spiro atoms. The molecule has 0 bridgehead atoms. The average Bonchev–Trinajstić information content (AvgIpc) is 2.35. The molecule has 1 amide bonds. The van der Waals surface area contributed by atoms with Crippen LogP contribution in [0.5, 0.6) is 5.75 Å². The van der Waals surface area contributed by atoms with E-state index in [2.05, 4.69) is 5.32 Å². The quantitative estimate of drug-likeness (QED) is 0.908. The van der Waals surface area contributed by atoms with Crippen molar-refractivity contribution in [2.75, 3.05) is 24.5 Å². The number of nitrogens with one attached hydrogen (secondary N) is 1. The van der Waals surface area contributed by atoms with Crippen LogP contribution >= 0.6 is 0 Å². The Bertz CT molecular complexity index is 432. The maximum atomic E-state index is 12.2. The molecule has 1 heterocycles. The lowest BCUT2D eigenvalue weighted by molar-refractivity contribution is -0.118. The highest BCUT2D eigenvalue weighted by Crippen LogP contribution is 2.29. The smallest absolute Gasteiger partial charge is 0.241 e. The van der Waals surface area contributed by atoms with Crippen LogP contribution in [0.1, 0.15) is 26.7 Å². The van der Waals surface area contributed by atoms with Gasteiger partial charge < -0.3 is 15.0 Å². The van der Waals surface area contributed by atoms with Crippen molar-refractivity contribution >= 4 is 11.6 Å². The van der Waals surface area contributed by atoms with Gasteiger partial charge in [0.15, 0.2) is 0 Å². The van der Waals surface area contributed by atoms with Crippen LogP contribution in [0.2, 0.25) is 0 Å². The number of nitrogens with zero attached hydrogens (tertiary/aromatic N) is 1. The molecule has 4 nitrogen and oxygen atoms in total. The van der Waals surface area contributed by atoms with E-state index >= 15 is 0 Å². The second-order valence-corrected chi connectivity index (χ2v) is 5.06. The zero-order chi connectivity index (χ0) is 13.7. The van der Waals surface area contributed by atoms with Crippen molar-refractivity contribution in [2.45, 2.75) is 32.8 Å². The van der Waals surface area contributed by atoms with Crippen molar-refractivity contribution in [3.63, 3.8) is 0 Å². The molecule has 104 valence electrons. The molecule has 0 atom stereocenters. The Morgan fingerprint density at radius 2 is 2.05 bits per heavy atom. The van der Waals surface area contributed by atoms with E-state index in [1.807, 2.05) is 43.0 Å². The third kappa shape index (κ3) is 3.70. The standard InChI is InChI=1S/C15H22N2O2/c1-12(2)19-14-8-4-3-7-13(14)17-10-6-5-9-16-11-15(17)18/h3-4,7-8,12,16H,5-6,9-11H2,1-2H3. The van der Waals surface area contributed by atoms with Crippen molar-refractivity contribution < 1.29 is 9.53 Å². The Labute approximate surface area is 114 Å². The number of benzene rings is 1. The van der Waals surface area contributed by atoms with Gasteiger partial charge in [-0.2, -0.15) is 0 Å². The maximum Gasteiger partial charge on any atom is 0.241 e. The second-order valence-electron chi connectivity index (χ2n) is 5.06. The lowest BCUT2D eigenvalue weighted by Crippen LogP contribution is -2.41. The van der Waals surface area contributed by atoms with Gasteiger partial charge in [0, 0.05) is 6.54 Å². The Morgan fingerprint density at radius 1 is 1.26 bits per heavy atom. The summed E-state index contributed by atoms with van der Waals surface area (Å²) in [5.41, 5.74) is 0.880. The molecule has 1 aliphatic heterocycles. The van der Waals surface area contributed by atoms with Gasteiger partial charge in [0.1, 0.15) is 5.75 Å². The molecule has 4 heteroatoms. The largest absolute Gasteiger partial charge is 0.489 e. The molecule has 1 N–H and O–H groups in total. The molecule has 0 aromatic heterocycles. The molecule has 1 saturated heterocycles. The topological polar surface area (TPSA) is 41.6 Å². The highest BCUT2D eigenvalue weighted by Gasteiger charge is 2.20. The van der Waals surface area contributed by atoms with Gasteiger partial charge in [-0.05, 0) is 45.4 Å². The van der Waals surface area contributed by atoms with Gasteiger partial charge in [-0.15, -0.1) is 0 Å². The maximum absolute atomic E-state index is 12.2. The van der Waals surface area contributed by atoms with E-state index in [0.717, 1.165) is 37.4 Å². The van der Waals surface area contributed by atoms with Crippen LogP contribution in [0.4, 0.5) is 5.69 Å². The number of anilines is 1. The van der Waals surface area contributed by atoms with Crippen LogP contribution in [0.25, 0.3) is 0 Å². The highest BCUT2D eigenvalue weighted by molar-refractivity contribution is 5.96. The molecule has 0 saturated carbocycles. The minimum absolute atomic E-state index is 0.101. The van der Waals surface area contributed by atoms with E-state index in [9.17, 15) is 4.79 Å². The zero-order valence-corrected chi connectivity index (χ0v) is 11.7. The minimum atomic E-state index is 0.101. The van der Waals surface area contributed by atoms with E-state index in [1.165, 1.54) is 0 Å². The monoisotopic (exact) mass is 262 g/mol. The molecule has 0 unspecified atom stereocenters. The highest BCUT2D eigenvalue weighted by atomic mass is 16.5.